The Morgan fingerprint density at radius 1 is 1.23 bits per heavy atom. The maximum Gasteiger partial charge on any atom is 0.326 e. The molecule has 0 aliphatic rings. The van der Waals surface area contributed by atoms with E-state index in [0.29, 0.717) is 5.82 Å². The summed E-state index contributed by atoms with van der Waals surface area (Å²) in [6.45, 7) is 0. The van der Waals surface area contributed by atoms with Crippen molar-refractivity contribution in [1.82, 2.24) is 10.1 Å². The van der Waals surface area contributed by atoms with Crippen LogP contribution in [0.5, 0.6) is 5.75 Å². The molecular formula is C11H7ClN6O8. The highest BCUT2D eigenvalue weighted by molar-refractivity contribution is 6.37. The summed E-state index contributed by atoms with van der Waals surface area (Å²) < 4.78 is 4.04. The Morgan fingerprint density at radius 3 is 2.31 bits per heavy atom. The van der Waals surface area contributed by atoms with Crippen LogP contribution in [0.4, 0.5) is 17.2 Å². The van der Waals surface area contributed by atoms with Gasteiger partial charge >= 0.3 is 11.2 Å². The van der Waals surface area contributed by atoms with Crippen molar-refractivity contribution in [3.8, 4) is 5.75 Å². The third kappa shape index (κ3) is 3.35. The van der Waals surface area contributed by atoms with Crippen molar-refractivity contribution in [3.05, 3.63) is 59.0 Å². The highest BCUT2D eigenvalue weighted by Gasteiger charge is 2.35. The first-order valence-electron chi connectivity index (χ1n) is 6.37. The van der Waals surface area contributed by atoms with Crippen LogP contribution in [-0.2, 0) is 0 Å². The molecule has 0 amide bonds. The summed E-state index contributed by atoms with van der Waals surface area (Å²) in [6.07, 6.45) is 0. The molecule has 136 valence electrons. The van der Waals surface area contributed by atoms with Gasteiger partial charge in [0.25, 0.3) is 16.8 Å². The van der Waals surface area contributed by atoms with Gasteiger partial charge in [0, 0.05) is 12.1 Å². The van der Waals surface area contributed by atoms with E-state index in [9.17, 15) is 35.3 Å². The molecule has 26 heavy (non-hydrogen) atoms. The number of H-pyrrole nitrogens is 1. The number of nitrogens with zero attached hydrogens (tertiary/aromatic N) is 4. The fourth-order valence-electron chi connectivity index (χ4n) is 1.85. The molecule has 0 radical (unpaired) electrons. The Morgan fingerprint density at radius 2 is 1.85 bits per heavy atom. The lowest BCUT2D eigenvalue weighted by Gasteiger charge is -2.06. The van der Waals surface area contributed by atoms with Gasteiger partial charge in [0.05, 0.1) is 20.8 Å². The number of pyridine rings is 1. The second-order valence-electron chi connectivity index (χ2n) is 4.52. The Balaban J connectivity index is 0.000000254. The van der Waals surface area contributed by atoms with Crippen LogP contribution in [0.2, 0.25) is 5.02 Å². The quantitative estimate of drug-likeness (QED) is 0.320. The van der Waals surface area contributed by atoms with Crippen LogP contribution in [0.3, 0.4) is 0 Å². The summed E-state index contributed by atoms with van der Waals surface area (Å²) in [4.78, 5) is 31.4. The SMILES string of the molecule is O=[N+]([O-])c1c([O-])c([N+](=O)[O-])c2no[n+]([O-])c2c1Cl.[NH3+]c1cccc(=O)[nH]1. The highest BCUT2D eigenvalue weighted by atomic mass is 35.5. The summed E-state index contributed by atoms with van der Waals surface area (Å²) in [6, 6.07) is 4.86. The zero-order valence-electron chi connectivity index (χ0n) is 12.4. The Labute approximate surface area is 145 Å². The van der Waals surface area contributed by atoms with E-state index in [-0.39, 0.29) is 10.5 Å². The van der Waals surface area contributed by atoms with Gasteiger partial charge in [0.15, 0.2) is 5.02 Å². The van der Waals surface area contributed by atoms with Crippen LogP contribution in [-0.4, -0.2) is 20.0 Å². The number of nitro benzene ring substituents is 2. The second-order valence-corrected chi connectivity index (χ2v) is 4.90. The lowest BCUT2D eigenvalue weighted by atomic mass is 10.2. The number of hydrogen-bond acceptors (Lipinski definition) is 9. The van der Waals surface area contributed by atoms with Crippen molar-refractivity contribution in [2.75, 3.05) is 0 Å². The first kappa shape index (κ1) is 18.6. The number of hydrogen-bond donors (Lipinski definition) is 2. The van der Waals surface area contributed by atoms with Gasteiger partial charge in [-0.25, -0.2) is 0 Å². The average molecular weight is 387 g/mol. The predicted octanol–water partition coefficient (Wildman–Crippen LogP) is -0.747. The van der Waals surface area contributed by atoms with Crippen molar-refractivity contribution in [1.29, 1.82) is 0 Å². The normalized spacial score (nSPS) is 10.2. The molecule has 1 aromatic carbocycles. The van der Waals surface area contributed by atoms with Crippen molar-refractivity contribution in [3.63, 3.8) is 0 Å². The molecule has 0 atom stereocenters. The lowest BCUT2D eigenvalue weighted by Crippen LogP contribution is -2.42. The largest absolute Gasteiger partial charge is 0.863 e. The molecule has 0 spiro atoms. The molecule has 15 heteroatoms. The first-order valence-corrected chi connectivity index (χ1v) is 6.75. The summed E-state index contributed by atoms with van der Waals surface area (Å²) in [5, 5.41) is 46.1. The zero-order valence-corrected chi connectivity index (χ0v) is 13.1. The van der Waals surface area contributed by atoms with Gasteiger partial charge < -0.3 is 16.0 Å². The van der Waals surface area contributed by atoms with Gasteiger partial charge in [-0.2, -0.15) is 0 Å². The van der Waals surface area contributed by atoms with Gasteiger partial charge in [-0.1, -0.05) is 11.6 Å². The molecule has 0 unspecified atom stereocenters. The van der Waals surface area contributed by atoms with Crippen LogP contribution in [0.15, 0.2) is 27.6 Å². The van der Waals surface area contributed by atoms with Crippen molar-refractivity contribution >= 4 is 39.8 Å². The third-order valence-electron chi connectivity index (χ3n) is 2.88. The van der Waals surface area contributed by atoms with Crippen LogP contribution in [0.25, 0.3) is 11.0 Å². The molecular weight excluding hydrogens is 380 g/mol. The molecule has 0 aliphatic heterocycles. The number of nitro groups is 2. The van der Waals surface area contributed by atoms with E-state index >= 15 is 0 Å². The number of aromatic nitrogens is 3. The van der Waals surface area contributed by atoms with Crippen molar-refractivity contribution in [2.24, 2.45) is 0 Å². The van der Waals surface area contributed by atoms with Crippen molar-refractivity contribution in [2.45, 2.75) is 0 Å². The van der Waals surface area contributed by atoms with Gasteiger partial charge in [-0.05, 0) is 11.0 Å². The number of aromatic amines is 1. The van der Waals surface area contributed by atoms with E-state index in [1.165, 1.54) is 6.07 Å². The molecule has 0 fully saturated rings. The van der Waals surface area contributed by atoms with Crippen LogP contribution < -0.4 is 21.3 Å². The van der Waals surface area contributed by atoms with Gasteiger partial charge in [-0.15, -0.1) is 0 Å². The molecule has 2 heterocycles. The monoisotopic (exact) mass is 386 g/mol. The predicted molar refractivity (Wildman–Crippen MR) is 80.3 cm³/mol. The number of quaternary nitrogens is 1. The molecule has 4 N–H and O–H groups in total. The summed E-state index contributed by atoms with van der Waals surface area (Å²) in [7, 11) is 0. The lowest BCUT2D eigenvalue weighted by molar-refractivity contribution is -0.782. The molecule has 0 bridgehead atoms. The molecule has 0 saturated carbocycles. The van der Waals surface area contributed by atoms with Gasteiger partial charge in [0.1, 0.15) is 0 Å². The molecule has 0 saturated heterocycles. The van der Waals surface area contributed by atoms with E-state index in [2.05, 4.69) is 20.5 Å². The number of rotatable bonds is 2. The molecule has 0 aliphatic carbocycles. The molecule has 2 aromatic heterocycles. The van der Waals surface area contributed by atoms with Crippen molar-refractivity contribution < 1.29 is 30.2 Å². The topological polar surface area (TPSA) is 223 Å². The summed E-state index contributed by atoms with van der Waals surface area (Å²) in [5.41, 5.74) is -0.566. The number of halogens is 1. The summed E-state index contributed by atoms with van der Waals surface area (Å²) in [5.74, 6) is -0.895. The minimum Gasteiger partial charge on any atom is -0.863 e. The minimum absolute atomic E-state index is 0.0995. The highest BCUT2D eigenvalue weighted by Crippen LogP contribution is 2.44. The van der Waals surface area contributed by atoms with E-state index in [1.807, 2.05) is 0 Å². The first-order chi connectivity index (χ1) is 12.1. The maximum absolute atomic E-state index is 11.5. The minimum atomic E-state index is -1.55. The Hall–Kier alpha value is -3.78. The fraction of sp³-hybridized carbons (Fsp3) is 0. The van der Waals surface area contributed by atoms with Gasteiger partial charge in [0.2, 0.25) is 5.82 Å². The maximum atomic E-state index is 11.5. The van der Waals surface area contributed by atoms with Crippen LogP contribution in [0, 0.1) is 25.4 Å². The standard InChI is InChI=1S/C6HClN4O7.C5H6N2O/c7-1-3-2(8-18-11(3)17)5(10(15)16)6(12)4(1)9(13)14;6-4-2-1-3-5(8)7-4/h12H;1-3H,(H3,6,7,8). The zero-order chi connectivity index (χ0) is 19.6. The van der Waals surface area contributed by atoms with E-state index in [4.69, 9.17) is 11.6 Å². The molecule has 3 rings (SSSR count). The van der Waals surface area contributed by atoms with E-state index < -0.39 is 43.0 Å². The second kappa shape index (κ2) is 6.99. The van der Waals surface area contributed by atoms with E-state index in [1.54, 1.807) is 12.1 Å². The van der Waals surface area contributed by atoms with E-state index in [0.717, 1.165) is 0 Å². The summed E-state index contributed by atoms with van der Waals surface area (Å²) >= 11 is 5.48. The smallest absolute Gasteiger partial charge is 0.326 e. The molecule has 14 nitrogen and oxygen atoms in total. The number of fused-ring (bicyclic) bond motifs is 1. The Kier molecular flexibility index (Phi) is 4.99. The van der Waals surface area contributed by atoms with Crippen LogP contribution >= 0.6 is 11.6 Å². The van der Waals surface area contributed by atoms with Crippen LogP contribution in [0.1, 0.15) is 0 Å². The Bertz CT molecular complexity index is 1080. The van der Waals surface area contributed by atoms with Gasteiger partial charge in [-0.3, -0.25) is 34.6 Å². The average Bonchev–Trinajstić information content (AvgIpc) is 2.88. The fourth-order valence-corrected chi connectivity index (χ4v) is 2.16. The molecule has 3 aromatic rings. The number of nitrogens with one attached hydrogen (secondary N) is 1. The third-order valence-corrected chi connectivity index (χ3v) is 3.24. The number of benzene rings is 1.